The van der Waals surface area contributed by atoms with E-state index in [0.29, 0.717) is 12.8 Å². The molecule has 0 saturated carbocycles. The zero-order valence-electron chi connectivity index (χ0n) is 30.5. The minimum atomic E-state index is -0.800. The lowest BCUT2D eigenvalue weighted by Crippen LogP contribution is -2.28. The lowest BCUT2D eigenvalue weighted by Gasteiger charge is -2.15. The van der Waals surface area contributed by atoms with Gasteiger partial charge in [0, 0.05) is 12.8 Å². The fraction of sp³-hybridized carbons (Fsp3) is 0.581. The fourth-order valence-corrected chi connectivity index (χ4v) is 4.59. The molecule has 0 rings (SSSR count). The number of hydrogen-bond acceptors (Lipinski definition) is 5. The van der Waals surface area contributed by atoms with Crippen molar-refractivity contribution in [2.24, 2.45) is 0 Å². The number of carbonyl (C=O) groups is 2. The molecule has 0 aromatic carbocycles. The monoisotopic (exact) mass is 665 g/mol. The quantitative estimate of drug-likeness (QED) is 0.0440. The molecule has 0 heterocycles. The summed E-state index contributed by atoms with van der Waals surface area (Å²) in [5.74, 6) is -0.658. The number of allylic oxidation sites excluding steroid dienone is 16. The number of carbonyl (C=O) groups excluding carboxylic acids is 2. The molecule has 0 aromatic heterocycles. The van der Waals surface area contributed by atoms with Gasteiger partial charge in [0.05, 0.1) is 6.61 Å². The van der Waals surface area contributed by atoms with Crippen LogP contribution in [0, 0.1) is 0 Å². The van der Waals surface area contributed by atoms with Crippen LogP contribution in [0.25, 0.3) is 0 Å². The van der Waals surface area contributed by atoms with Gasteiger partial charge < -0.3 is 14.6 Å². The predicted octanol–water partition coefficient (Wildman–Crippen LogP) is 11.7. The maximum atomic E-state index is 12.2. The van der Waals surface area contributed by atoms with Gasteiger partial charge in [0.15, 0.2) is 6.10 Å². The summed E-state index contributed by atoms with van der Waals surface area (Å²) in [7, 11) is 0. The van der Waals surface area contributed by atoms with E-state index in [-0.39, 0.29) is 25.2 Å². The second-order valence-corrected chi connectivity index (χ2v) is 11.9. The molecule has 0 bridgehead atoms. The van der Waals surface area contributed by atoms with Gasteiger partial charge >= 0.3 is 11.9 Å². The first-order valence-corrected chi connectivity index (χ1v) is 18.8. The smallest absolute Gasteiger partial charge is 0.306 e. The number of rotatable bonds is 32. The molecule has 0 spiro atoms. The molecule has 1 atom stereocenters. The molecule has 5 nitrogen and oxygen atoms in total. The van der Waals surface area contributed by atoms with Crippen LogP contribution in [0.15, 0.2) is 97.2 Å². The van der Waals surface area contributed by atoms with Crippen LogP contribution in [0.3, 0.4) is 0 Å². The van der Waals surface area contributed by atoms with Crippen LogP contribution in [0.5, 0.6) is 0 Å². The Bertz CT molecular complexity index is 979. The number of aliphatic hydroxyl groups excluding tert-OH is 1. The highest BCUT2D eigenvalue weighted by atomic mass is 16.6. The van der Waals surface area contributed by atoms with Crippen LogP contribution in [-0.4, -0.2) is 36.4 Å². The standard InChI is InChI=1S/C43H68O5/c1-3-5-7-9-11-13-15-17-19-21-23-25-27-29-31-33-35-37-42(45)47-40-41(39-44)48-43(46)38-36-34-32-30-28-26-24-22-20-18-16-14-12-10-8-6-4-2/h5-8,11-14,17-20,23-26,41,44H,3-4,9-10,15-16,21-22,27-40H2,1-2H3/b7-5-,8-6-,13-11-,14-12-,19-17-,20-18-,25-23-,26-24-. The highest BCUT2D eigenvalue weighted by Crippen LogP contribution is 2.10. The fourth-order valence-electron chi connectivity index (χ4n) is 4.59. The van der Waals surface area contributed by atoms with Crippen molar-refractivity contribution in [2.75, 3.05) is 13.2 Å². The number of unbranched alkanes of at least 4 members (excludes halogenated alkanes) is 8. The molecular weight excluding hydrogens is 596 g/mol. The maximum Gasteiger partial charge on any atom is 0.306 e. The molecule has 0 fully saturated rings. The van der Waals surface area contributed by atoms with Crippen LogP contribution >= 0.6 is 0 Å². The summed E-state index contributed by atoms with van der Waals surface area (Å²) in [5.41, 5.74) is 0. The van der Waals surface area contributed by atoms with E-state index in [4.69, 9.17) is 9.47 Å². The van der Waals surface area contributed by atoms with Crippen molar-refractivity contribution in [1.82, 2.24) is 0 Å². The first-order chi connectivity index (χ1) is 23.6. The minimum absolute atomic E-state index is 0.0955. The van der Waals surface area contributed by atoms with Crippen molar-refractivity contribution in [2.45, 2.75) is 148 Å². The third kappa shape index (κ3) is 35.7. The first kappa shape index (κ1) is 44.8. The lowest BCUT2D eigenvalue weighted by atomic mass is 10.1. The van der Waals surface area contributed by atoms with E-state index in [1.54, 1.807) is 0 Å². The largest absolute Gasteiger partial charge is 0.462 e. The van der Waals surface area contributed by atoms with E-state index in [9.17, 15) is 14.7 Å². The Labute approximate surface area is 294 Å². The Morgan fingerprint density at radius 1 is 0.479 bits per heavy atom. The van der Waals surface area contributed by atoms with E-state index < -0.39 is 6.10 Å². The van der Waals surface area contributed by atoms with Gasteiger partial charge in [-0.2, -0.15) is 0 Å². The molecule has 0 amide bonds. The third-order valence-corrected chi connectivity index (χ3v) is 7.37. The van der Waals surface area contributed by atoms with Crippen molar-refractivity contribution in [3.63, 3.8) is 0 Å². The Kier molecular flexibility index (Phi) is 35.7. The number of hydrogen-bond donors (Lipinski definition) is 1. The van der Waals surface area contributed by atoms with Gasteiger partial charge in [-0.15, -0.1) is 0 Å². The average Bonchev–Trinajstić information content (AvgIpc) is 3.09. The highest BCUT2D eigenvalue weighted by Gasteiger charge is 2.16. The summed E-state index contributed by atoms with van der Waals surface area (Å²) in [6.07, 6.45) is 53.2. The Morgan fingerprint density at radius 3 is 1.23 bits per heavy atom. The van der Waals surface area contributed by atoms with Gasteiger partial charge in [-0.05, 0) is 89.9 Å². The van der Waals surface area contributed by atoms with E-state index in [1.165, 1.54) is 0 Å². The molecule has 1 N–H and O–H groups in total. The summed E-state index contributed by atoms with van der Waals surface area (Å²) in [6.45, 7) is 3.84. The van der Waals surface area contributed by atoms with E-state index in [2.05, 4.69) is 111 Å². The minimum Gasteiger partial charge on any atom is -0.462 e. The number of esters is 2. The van der Waals surface area contributed by atoms with Gasteiger partial charge in [-0.1, -0.05) is 137 Å². The van der Waals surface area contributed by atoms with Crippen LogP contribution < -0.4 is 0 Å². The molecule has 270 valence electrons. The second kappa shape index (κ2) is 38.3. The van der Waals surface area contributed by atoms with Crippen LogP contribution in [-0.2, 0) is 19.1 Å². The number of aliphatic hydroxyl groups is 1. The van der Waals surface area contributed by atoms with Crippen molar-refractivity contribution >= 4 is 11.9 Å². The lowest BCUT2D eigenvalue weighted by molar-refractivity contribution is -0.161. The molecule has 0 aliphatic carbocycles. The van der Waals surface area contributed by atoms with Crippen molar-refractivity contribution in [1.29, 1.82) is 0 Å². The van der Waals surface area contributed by atoms with Gasteiger partial charge in [0.1, 0.15) is 6.61 Å². The molecule has 48 heavy (non-hydrogen) atoms. The van der Waals surface area contributed by atoms with Crippen molar-refractivity contribution < 1.29 is 24.2 Å². The molecule has 0 aliphatic heterocycles. The number of ether oxygens (including phenoxy) is 2. The van der Waals surface area contributed by atoms with Crippen LogP contribution in [0.1, 0.15) is 142 Å². The zero-order chi connectivity index (χ0) is 35.0. The molecule has 5 heteroatoms. The van der Waals surface area contributed by atoms with Gasteiger partial charge in [-0.3, -0.25) is 9.59 Å². The third-order valence-electron chi connectivity index (χ3n) is 7.37. The van der Waals surface area contributed by atoms with E-state index in [0.717, 1.165) is 116 Å². The van der Waals surface area contributed by atoms with Crippen LogP contribution in [0.2, 0.25) is 0 Å². The SMILES string of the molecule is CC/C=C\C/C=C\C/C=C\C/C=C\CCCCCCC(=O)OCC(CO)OC(=O)CCCCCC/C=C\C/C=C\C/C=C\C/C=C\CC. The normalized spacial score (nSPS) is 13.3. The second-order valence-electron chi connectivity index (χ2n) is 11.9. The summed E-state index contributed by atoms with van der Waals surface area (Å²) >= 11 is 0. The molecule has 0 radical (unpaired) electrons. The highest BCUT2D eigenvalue weighted by molar-refractivity contribution is 5.70. The summed E-state index contributed by atoms with van der Waals surface area (Å²) < 4.78 is 10.6. The maximum absolute atomic E-state index is 12.2. The Balaban J connectivity index is 3.71. The molecular formula is C43H68O5. The molecule has 0 saturated heterocycles. The van der Waals surface area contributed by atoms with Crippen molar-refractivity contribution in [3.05, 3.63) is 97.2 Å². The summed E-state index contributed by atoms with van der Waals surface area (Å²) in [5, 5.41) is 9.54. The van der Waals surface area contributed by atoms with Gasteiger partial charge in [0.25, 0.3) is 0 Å². The predicted molar refractivity (Wildman–Crippen MR) is 205 cm³/mol. The molecule has 1 unspecified atom stereocenters. The zero-order valence-corrected chi connectivity index (χ0v) is 30.5. The average molecular weight is 665 g/mol. The van der Waals surface area contributed by atoms with Gasteiger partial charge in [0.2, 0.25) is 0 Å². The Morgan fingerprint density at radius 2 is 0.833 bits per heavy atom. The molecule has 0 aromatic rings. The van der Waals surface area contributed by atoms with Gasteiger partial charge in [-0.25, -0.2) is 0 Å². The Hall–Kier alpha value is -3.18. The topological polar surface area (TPSA) is 72.8 Å². The van der Waals surface area contributed by atoms with E-state index in [1.807, 2.05) is 0 Å². The summed E-state index contributed by atoms with van der Waals surface area (Å²) in [4.78, 5) is 24.2. The van der Waals surface area contributed by atoms with Crippen LogP contribution in [0.4, 0.5) is 0 Å². The first-order valence-electron chi connectivity index (χ1n) is 18.8. The van der Waals surface area contributed by atoms with Crippen molar-refractivity contribution in [3.8, 4) is 0 Å². The summed E-state index contributed by atoms with van der Waals surface area (Å²) in [6, 6.07) is 0. The van der Waals surface area contributed by atoms with E-state index >= 15 is 0 Å². The molecule has 0 aliphatic rings.